The summed E-state index contributed by atoms with van der Waals surface area (Å²) >= 11 is 6.00. The topological polar surface area (TPSA) is 46.3 Å². The molecule has 1 aromatic carbocycles. The molecule has 0 saturated heterocycles. The molecule has 0 bridgehead atoms. The van der Waals surface area contributed by atoms with E-state index in [-0.39, 0.29) is 11.6 Å². The Morgan fingerprint density at radius 3 is 2.71 bits per heavy atom. The first-order chi connectivity index (χ1) is 8.04. The molecule has 3 nitrogen and oxygen atoms in total. The van der Waals surface area contributed by atoms with Gasteiger partial charge in [0.05, 0.1) is 11.6 Å². The highest BCUT2D eigenvalue weighted by Crippen LogP contribution is 2.34. The maximum absolute atomic E-state index is 13.1. The Kier molecular flexibility index (Phi) is 3.17. The number of aromatic nitrogens is 1. The molecule has 0 aliphatic heterocycles. The highest BCUT2D eigenvalue weighted by atomic mass is 35.5. The van der Waals surface area contributed by atoms with Crippen molar-refractivity contribution in [3.8, 4) is 11.3 Å². The lowest BCUT2D eigenvalue weighted by atomic mass is 10.0. The molecular weight excluding hydrogens is 245 g/mol. The lowest BCUT2D eigenvalue weighted by Crippen LogP contribution is -1.93. The Hall–Kier alpha value is -1.39. The van der Waals surface area contributed by atoms with Gasteiger partial charge in [-0.1, -0.05) is 16.8 Å². The quantitative estimate of drug-likeness (QED) is 0.896. The third-order valence-electron chi connectivity index (χ3n) is 2.63. The van der Waals surface area contributed by atoms with Gasteiger partial charge >= 0.3 is 0 Å². The van der Waals surface area contributed by atoms with Crippen LogP contribution in [0.15, 0.2) is 16.7 Å². The Bertz CT molecular complexity index is 543. The predicted octanol–water partition coefficient (Wildman–Crippen LogP) is 3.24. The first-order valence-electron chi connectivity index (χ1n) is 5.06. The van der Waals surface area contributed by atoms with Gasteiger partial charge in [0.15, 0.2) is 0 Å². The number of rotatable bonds is 2. The van der Waals surface area contributed by atoms with Crippen molar-refractivity contribution >= 4 is 11.6 Å². The predicted molar refractivity (Wildman–Crippen MR) is 62.3 cm³/mol. The molecule has 2 aromatic rings. The summed E-state index contributed by atoms with van der Waals surface area (Å²) in [6, 6.07) is 2.58. The van der Waals surface area contributed by atoms with E-state index in [1.165, 1.54) is 12.1 Å². The maximum Gasteiger partial charge on any atom is 0.139 e. The summed E-state index contributed by atoms with van der Waals surface area (Å²) in [4.78, 5) is 0. The zero-order valence-electron chi connectivity index (χ0n) is 9.42. The Morgan fingerprint density at radius 2 is 2.12 bits per heavy atom. The number of hydrogen-bond donors (Lipinski definition) is 1. The van der Waals surface area contributed by atoms with Crippen LogP contribution in [0, 0.1) is 19.7 Å². The molecule has 0 unspecified atom stereocenters. The SMILES string of the molecule is Cc1cc(F)cc(Cl)c1-c1noc(C)c1CO. The minimum absolute atomic E-state index is 0.197. The molecule has 0 spiro atoms. The number of aliphatic hydroxyl groups is 1. The van der Waals surface area contributed by atoms with Crippen LogP contribution < -0.4 is 0 Å². The molecule has 0 aliphatic carbocycles. The highest BCUT2D eigenvalue weighted by Gasteiger charge is 2.18. The number of benzene rings is 1. The zero-order valence-corrected chi connectivity index (χ0v) is 10.2. The third-order valence-corrected chi connectivity index (χ3v) is 2.93. The first kappa shape index (κ1) is 12.1. The first-order valence-corrected chi connectivity index (χ1v) is 5.44. The summed E-state index contributed by atoms with van der Waals surface area (Å²) in [5, 5.41) is 13.4. The van der Waals surface area contributed by atoms with Crippen LogP contribution in [-0.2, 0) is 6.61 Å². The minimum Gasteiger partial charge on any atom is -0.391 e. The van der Waals surface area contributed by atoms with E-state index in [1.807, 2.05) is 0 Å². The van der Waals surface area contributed by atoms with Crippen LogP contribution in [0.5, 0.6) is 0 Å². The summed E-state index contributed by atoms with van der Waals surface area (Å²) in [5.41, 5.74) is 2.28. The number of halogens is 2. The summed E-state index contributed by atoms with van der Waals surface area (Å²) in [5.74, 6) is 0.129. The average Bonchev–Trinajstić information content (AvgIpc) is 2.58. The van der Waals surface area contributed by atoms with Crippen LogP contribution in [0.3, 0.4) is 0 Å². The molecule has 90 valence electrons. The second-order valence-corrected chi connectivity index (χ2v) is 4.21. The number of hydrogen-bond acceptors (Lipinski definition) is 3. The molecular formula is C12H11ClFNO2. The van der Waals surface area contributed by atoms with Crippen molar-refractivity contribution in [3.05, 3.63) is 39.9 Å². The molecule has 0 fully saturated rings. The zero-order chi connectivity index (χ0) is 12.6. The average molecular weight is 256 g/mol. The van der Waals surface area contributed by atoms with Crippen LogP contribution in [0.25, 0.3) is 11.3 Å². The van der Waals surface area contributed by atoms with Crippen LogP contribution in [0.4, 0.5) is 4.39 Å². The van der Waals surface area contributed by atoms with Gasteiger partial charge in [-0.3, -0.25) is 0 Å². The molecule has 0 saturated carbocycles. The van der Waals surface area contributed by atoms with Crippen molar-refractivity contribution in [1.29, 1.82) is 0 Å². The molecule has 0 radical (unpaired) electrons. The molecule has 1 heterocycles. The number of nitrogens with zero attached hydrogens (tertiary/aromatic N) is 1. The van der Waals surface area contributed by atoms with E-state index in [4.69, 9.17) is 16.1 Å². The molecule has 1 aromatic heterocycles. The van der Waals surface area contributed by atoms with Gasteiger partial charge in [-0.05, 0) is 31.5 Å². The van der Waals surface area contributed by atoms with Crippen LogP contribution >= 0.6 is 11.6 Å². The second-order valence-electron chi connectivity index (χ2n) is 3.80. The standard InChI is InChI=1S/C12H11ClFNO2/c1-6-3-8(14)4-10(13)11(6)12-9(5-16)7(2)17-15-12/h3-4,16H,5H2,1-2H3. The van der Waals surface area contributed by atoms with E-state index in [9.17, 15) is 9.50 Å². The van der Waals surface area contributed by atoms with Gasteiger partial charge in [0.25, 0.3) is 0 Å². The van der Waals surface area contributed by atoms with E-state index < -0.39 is 5.82 Å². The van der Waals surface area contributed by atoms with E-state index in [0.29, 0.717) is 28.1 Å². The van der Waals surface area contributed by atoms with Crippen molar-refractivity contribution in [1.82, 2.24) is 5.16 Å². The van der Waals surface area contributed by atoms with Gasteiger partial charge in [-0.15, -0.1) is 0 Å². The van der Waals surface area contributed by atoms with Gasteiger partial charge < -0.3 is 9.63 Å². The van der Waals surface area contributed by atoms with Crippen molar-refractivity contribution in [2.45, 2.75) is 20.5 Å². The van der Waals surface area contributed by atoms with Crippen LogP contribution in [-0.4, -0.2) is 10.3 Å². The largest absolute Gasteiger partial charge is 0.391 e. The van der Waals surface area contributed by atoms with Crippen molar-refractivity contribution in [3.63, 3.8) is 0 Å². The van der Waals surface area contributed by atoms with Crippen molar-refractivity contribution in [2.24, 2.45) is 0 Å². The Balaban J connectivity index is 2.68. The van der Waals surface area contributed by atoms with Gasteiger partial charge in [-0.2, -0.15) is 0 Å². The normalized spacial score (nSPS) is 10.9. The highest BCUT2D eigenvalue weighted by molar-refractivity contribution is 6.33. The van der Waals surface area contributed by atoms with E-state index >= 15 is 0 Å². The fourth-order valence-corrected chi connectivity index (χ4v) is 2.12. The van der Waals surface area contributed by atoms with Crippen LogP contribution in [0.1, 0.15) is 16.9 Å². The lowest BCUT2D eigenvalue weighted by Gasteiger charge is -2.07. The fraction of sp³-hybridized carbons (Fsp3) is 0.250. The van der Waals surface area contributed by atoms with E-state index in [1.54, 1.807) is 13.8 Å². The van der Waals surface area contributed by atoms with Crippen LogP contribution in [0.2, 0.25) is 5.02 Å². The van der Waals surface area contributed by atoms with Gasteiger partial charge in [0.1, 0.15) is 17.3 Å². The summed E-state index contributed by atoms with van der Waals surface area (Å²) in [6.45, 7) is 3.24. The smallest absolute Gasteiger partial charge is 0.139 e. The molecule has 5 heteroatoms. The number of aliphatic hydroxyl groups excluding tert-OH is 1. The minimum atomic E-state index is -0.401. The molecule has 17 heavy (non-hydrogen) atoms. The molecule has 0 aliphatic rings. The lowest BCUT2D eigenvalue weighted by molar-refractivity contribution is 0.278. The summed E-state index contributed by atoms with van der Waals surface area (Å²) in [6.07, 6.45) is 0. The molecule has 0 amide bonds. The van der Waals surface area contributed by atoms with E-state index in [2.05, 4.69) is 5.16 Å². The van der Waals surface area contributed by atoms with Gasteiger partial charge in [0, 0.05) is 11.1 Å². The third kappa shape index (κ3) is 2.06. The van der Waals surface area contributed by atoms with Crippen molar-refractivity contribution < 1.29 is 14.0 Å². The Labute approximate surface area is 103 Å². The van der Waals surface area contributed by atoms with Gasteiger partial charge in [0.2, 0.25) is 0 Å². The molecule has 0 atom stereocenters. The summed E-state index contributed by atoms with van der Waals surface area (Å²) < 4.78 is 18.2. The van der Waals surface area contributed by atoms with Crippen molar-refractivity contribution in [2.75, 3.05) is 0 Å². The summed E-state index contributed by atoms with van der Waals surface area (Å²) in [7, 11) is 0. The number of aryl methyl sites for hydroxylation is 2. The monoisotopic (exact) mass is 255 g/mol. The van der Waals surface area contributed by atoms with E-state index in [0.717, 1.165) is 0 Å². The molecule has 2 rings (SSSR count). The molecule has 1 N–H and O–H groups in total. The Morgan fingerprint density at radius 1 is 1.41 bits per heavy atom. The fourth-order valence-electron chi connectivity index (χ4n) is 1.78. The van der Waals surface area contributed by atoms with Gasteiger partial charge in [-0.25, -0.2) is 4.39 Å². The second kappa shape index (κ2) is 4.47. The maximum atomic E-state index is 13.1.